The van der Waals surface area contributed by atoms with Gasteiger partial charge in [-0.2, -0.15) is 12.6 Å². The number of hydrogen-bond donors (Lipinski definition) is 1. The third kappa shape index (κ3) is 14.3. The first-order valence-electron chi connectivity index (χ1n) is 7.57. The molecule has 110 valence electrons. The van der Waals surface area contributed by atoms with Gasteiger partial charge in [-0.1, -0.05) is 32.1 Å². The lowest BCUT2D eigenvalue weighted by atomic mass is 10.1. The zero-order valence-corrected chi connectivity index (χ0v) is 13.6. The van der Waals surface area contributed by atoms with Crippen LogP contribution in [0.4, 0.5) is 0 Å². The highest BCUT2D eigenvalue weighted by Gasteiger charge is 1.99. The van der Waals surface area contributed by atoms with Crippen molar-refractivity contribution in [1.82, 2.24) is 4.90 Å². The Morgan fingerprint density at radius 1 is 0.889 bits per heavy atom. The molecule has 0 unspecified atom stereocenters. The van der Waals surface area contributed by atoms with Crippen LogP contribution in [0.15, 0.2) is 0 Å². The fourth-order valence-electron chi connectivity index (χ4n) is 1.93. The van der Waals surface area contributed by atoms with Gasteiger partial charge in [0.2, 0.25) is 0 Å². The molecule has 18 heavy (non-hydrogen) atoms. The van der Waals surface area contributed by atoms with Crippen LogP contribution in [0.5, 0.6) is 0 Å². The van der Waals surface area contributed by atoms with Crippen molar-refractivity contribution in [3.8, 4) is 0 Å². The molecule has 0 aromatic rings. The summed E-state index contributed by atoms with van der Waals surface area (Å²) < 4.78 is 5.55. The standard InChI is InChI=1S/C15H33NOS/c1-15(2)17-13-12-16(3)11-9-7-5-4-6-8-10-14-18/h15,18H,4-14H2,1-3H3. The summed E-state index contributed by atoms with van der Waals surface area (Å²) in [5, 5.41) is 0. The third-order valence-corrected chi connectivity index (χ3v) is 3.44. The van der Waals surface area contributed by atoms with Crippen LogP contribution >= 0.6 is 12.6 Å². The van der Waals surface area contributed by atoms with Gasteiger partial charge in [-0.25, -0.2) is 0 Å². The maximum absolute atomic E-state index is 5.55. The molecule has 3 heteroatoms. The van der Waals surface area contributed by atoms with E-state index in [4.69, 9.17) is 4.74 Å². The normalized spacial score (nSPS) is 11.7. The van der Waals surface area contributed by atoms with E-state index < -0.39 is 0 Å². The van der Waals surface area contributed by atoms with E-state index >= 15 is 0 Å². The minimum atomic E-state index is 0.357. The van der Waals surface area contributed by atoms with Crippen LogP contribution in [0.1, 0.15) is 58.8 Å². The minimum Gasteiger partial charge on any atom is -0.377 e. The van der Waals surface area contributed by atoms with E-state index in [1.165, 1.54) is 51.5 Å². The smallest absolute Gasteiger partial charge is 0.0596 e. The molecule has 0 aliphatic carbocycles. The van der Waals surface area contributed by atoms with E-state index in [0.717, 1.165) is 18.9 Å². The van der Waals surface area contributed by atoms with Gasteiger partial charge in [0.05, 0.1) is 12.7 Å². The Hall–Kier alpha value is 0.270. The third-order valence-electron chi connectivity index (χ3n) is 3.12. The quantitative estimate of drug-likeness (QED) is 0.403. The van der Waals surface area contributed by atoms with Crippen LogP contribution in [0.25, 0.3) is 0 Å². The number of nitrogens with zero attached hydrogens (tertiary/aromatic N) is 1. The second kappa shape index (κ2) is 13.7. The van der Waals surface area contributed by atoms with Gasteiger partial charge in [0.15, 0.2) is 0 Å². The fraction of sp³-hybridized carbons (Fsp3) is 1.00. The maximum Gasteiger partial charge on any atom is 0.0596 e. The predicted molar refractivity (Wildman–Crippen MR) is 84.8 cm³/mol. The molecule has 0 N–H and O–H groups in total. The van der Waals surface area contributed by atoms with Crippen LogP contribution in [0.3, 0.4) is 0 Å². The summed E-state index contributed by atoms with van der Waals surface area (Å²) >= 11 is 4.23. The number of unbranched alkanes of at least 4 members (excludes halogenated alkanes) is 6. The summed E-state index contributed by atoms with van der Waals surface area (Å²) in [5.41, 5.74) is 0. The van der Waals surface area contributed by atoms with E-state index in [0.29, 0.717) is 6.10 Å². The van der Waals surface area contributed by atoms with Gasteiger partial charge in [-0.05, 0) is 46.0 Å². The topological polar surface area (TPSA) is 12.5 Å². The van der Waals surface area contributed by atoms with Gasteiger partial charge in [0, 0.05) is 6.54 Å². The summed E-state index contributed by atoms with van der Waals surface area (Å²) in [7, 11) is 2.19. The average Bonchev–Trinajstić information content (AvgIpc) is 2.32. The molecule has 0 aromatic carbocycles. The van der Waals surface area contributed by atoms with Gasteiger partial charge in [-0.15, -0.1) is 0 Å². The molecule has 0 rings (SSSR count). The predicted octanol–water partition coefficient (Wildman–Crippen LogP) is 4.00. The summed E-state index contributed by atoms with van der Waals surface area (Å²) in [5.74, 6) is 1.04. The molecule has 0 heterocycles. The van der Waals surface area contributed by atoms with Gasteiger partial charge in [0.1, 0.15) is 0 Å². The van der Waals surface area contributed by atoms with Crippen molar-refractivity contribution in [2.45, 2.75) is 64.9 Å². The molecule has 0 bridgehead atoms. The second-order valence-corrected chi connectivity index (χ2v) is 5.87. The van der Waals surface area contributed by atoms with E-state index in [1.54, 1.807) is 0 Å². The maximum atomic E-state index is 5.55. The Labute approximate surface area is 120 Å². The second-order valence-electron chi connectivity index (χ2n) is 5.42. The number of thiol groups is 1. The molecule has 0 fully saturated rings. The molecule has 2 nitrogen and oxygen atoms in total. The average molecular weight is 276 g/mol. The van der Waals surface area contributed by atoms with E-state index in [-0.39, 0.29) is 0 Å². The lowest BCUT2D eigenvalue weighted by molar-refractivity contribution is 0.0636. The minimum absolute atomic E-state index is 0.357. The van der Waals surface area contributed by atoms with E-state index in [2.05, 4.69) is 38.4 Å². The molecule has 0 atom stereocenters. The molecule has 0 amide bonds. The Morgan fingerprint density at radius 2 is 1.44 bits per heavy atom. The molecule has 0 saturated heterocycles. The largest absolute Gasteiger partial charge is 0.377 e. The first kappa shape index (κ1) is 18.3. The van der Waals surface area contributed by atoms with E-state index in [1.807, 2.05) is 0 Å². The Balaban J connectivity index is 3.12. The summed E-state index contributed by atoms with van der Waals surface area (Å²) in [6.45, 7) is 7.30. The highest BCUT2D eigenvalue weighted by atomic mass is 32.1. The highest BCUT2D eigenvalue weighted by molar-refractivity contribution is 7.80. The molecule has 0 aliphatic heterocycles. The van der Waals surface area contributed by atoms with Crippen molar-refractivity contribution in [3.05, 3.63) is 0 Å². The fourth-order valence-corrected chi connectivity index (χ4v) is 2.16. The van der Waals surface area contributed by atoms with Gasteiger partial charge >= 0.3 is 0 Å². The van der Waals surface area contributed by atoms with Gasteiger partial charge < -0.3 is 9.64 Å². The first-order chi connectivity index (χ1) is 8.66. The Kier molecular flexibility index (Phi) is 13.9. The van der Waals surface area contributed by atoms with Crippen molar-refractivity contribution in [2.24, 2.45) is 0 Å². The molecule has 0 saturated carbocycles. The van der Waals surface area contributed by atoms with Crippen molar-refractivity contribution in [3.63, 3.8) is 0 Å². The molecule has 0 aromatic heterocycles. The summed E-state index contributed by atoms with van der Waals surface area (Å²) in [6, 6.07) is 0. The molecular weight excluding hydrogens is 242 g/mol. The van der Waals surface area contributed by atoms with Gasteiger partial charge in [-0.3, -0.25) is 0 Å². The number of hydrogen-bond acceptors (Lipinski definition) is 3. The number of likely N-dealkylation sites (N-methyl/N-ethyl adjacent to an activating group) is 1. The number of rotatable bonds is 13. The first-order valence-corrected chi connectivity index (χ1v) is 8.21. The Bertz CT molecular complexity index is 165. The molecule has 0 spiro atoms. The highest BCUT2D eigenvalue weighted by Crippen LogP contribution is 2.07. The number of ether oxygens (including phenoxy) is 1. The zero-order valence-electron chi connectivity index (χ0n) is 12.7. The molecule has 0 radical (unpaired) electrons. The molecule has 0 aliphatic rings. The summed E-state index contributed by atoms with van der Waals surface area (Å²) in [6.07, 6.45) is 9.87. The van der Waals surface area contributed by atoms with Crippen molar-refractivity contribution in [2.75, 3.05) is 32.5 Å². The Morgan fingerprint density at radius 3 is 2.00 bits per heavy atom. The monoisotopic (exact) mass is 275 g/mol. The van der Waals surface area contributed by atoms with Crippen LogP contribution in [-0.4, -0.2) is 43.5 Å². The van der Waals surface area contributed by atoms with Crippen LogP contribution < -0.4 is 0 Å². The van der Waals surface area contributed by atoms with E-state index in [9.17, 15) is 0 Å². The SMILES string of the molecule is CC(C)OCCN(C)CCCCCCCCCS. The van der Waals surface area contributed by atoms with Crippen LogP contribution in [0.2, 0.25) is 0 Å². The molecular formula is C15H33NOS. The van der Waals surface area contributed by atoms with Crippen molar-refractivity contribution < 1.29 is 4.74 Å². The van der Waals surface area contributed by atoms with Crippen molar-refractivity contribution in [1.29, 1.82) is 0 Å². The lowest BCUT2D eigenvalue weighted by Crippen LogP contribution is -2.25. The van der Waals surface area contributed by atoms with Crippen LogP contribution in [0, 0.1) is 0 Å². The van der Waals surface area contributed by atoms with Crippen LogP contribution in [-0.2, 0) is 4.74 Å². The zero-order chi connectivity index (χ0) is 13.6. The lowest BCUT2D eigenvalue weighted by Gasteiger charge is -2.17. The summed E-state index contributed by atoms with van der Waals surface area (Å²) in [4.78, 5) is 2.38. The van der Waals surface area contributed by atoms with Crippen molar-refractivity contribution >= 4 is 12.6 Å². The van der Waals surface area contributed by atoms with Gasteiger partial charge in [0.25, 0.3) is 0 Å².